The van der Waals surface area contributed by atoms with Gasteiger partial charge < -0.3 is 9.15 Å². The van der Waals surface area contributed by atoms with Crippen molar-refractivity contribution >= 4 is 46.3 Å². The average molecular weight is 377 g/mol. The van der Waals surface area contributed by atoms with Crippen molar-refractivity contribution in [3.05, 3.63) is 63.3 Å². The molecule has 5 nitrogen and oxygen atoms in total. The van der Waals surface area contributed by atoms with Crippen LogP contribution in [-0.2, 0) is 0 Å². The Bertz CT molecular complexity index is 980. The van der Waals surface area contributed by atoms with Crippen LogP contribution in [0.15, 0.2) is 45.9 Å². The highest BCUT2D eigenvalue weighted by atomic mass is 35.5. The fourth-order valence-electron chi connectivity index (χ4n) is 2.47. The first kappa shape index (κ1) is 17.3. The highest BCUT2D eigenvalue weighted by molar-refractivity contribution is 6.36. The van der Waals surface area contributed by atoms with Gasteiger partial charge in [0.2, 0.25) is 0 Å². The van der Waals surface area contributed by atoms with Crippen molar-refractivity contribution in [1.82, 2.24) is 5.43 Å². The summed E-state index contributed by atoms with van der Waals surface area (Å²) in [7, 11) is 1.57. The minimum atomic E-state index is -0.461. The van der Waals surface area contributed by atoms with E-state index in [9.17, 15) is 4.79 Å². The van der Waals surface area contributed by atoms with E-state index in [1.54, 1.807) is 44.4 Å². The molecule has 25 heavy (non-hydrogen) atoms. The van der Waals surface area contributed by atoms with Crippen molar-refractivity contribution in [2.45, 2.75) is 6.92 Å². The van der Waals surface area contributed by atoms with E-state index in [1.165, 1.54) is 6.21 Å². The summed E-state index contributed by atoms with van der Waals surface area (Å²) >= 11 is 11.9. The molecular weight excluding hydrogens is 363 g/mol. The van der Waals surface area contributed by atoms with E-state index in [-0.39, 0.29) is 5.76 Å². The number of halogens is 2. The smallest absolute Gasteiger partial charge is 0.307 e. The van der Waals surface area contributed by atoms with E-state index in [0.717, 1.165) is 5.39 Å². The van der Waals surface area contributed by atoms with Crippen molar-refractivity contribution < 1.29 is 13.9 Å². The number of carbonyl (C=O) groups excluding carboxylic acids is 1. The first-order valence-electron chi connectivity index (χ1n) is 7.36. The highest BCUT2D eigenvalue weighted by Crippen LogP contribution is 2.32. The van der Waals surface area contributed by atoms with E-state index in [1.807, 2.05) is 6.07 Å². The monoisotopic (exact) mass is 376 g/mol. The van der Waals surface area contributed by atoms with Crippen molar-refractivity contribution in [2.24, 2.45) is 5.10 Å². The molecule has 2 aromatic carbocycles. The van der Waals surface area contributed by atoms with Crippen LogP contribution in [0.4, 0.5) is 0 Å². The van der Waals surface area contributed by atoms with Crippen LogP contribution in [0.3, 0.4) is 0 Å². The van der Waals surface area contributed by atoms with E-state index in [2.05, 4.69) is 10.5 Å². The number of furan rings is 1. The summed E-state index contributed by atoms with van der Waals surface area (Å²) < 4.78 is 11.0. The molecule has 3 rings (SSSR count). The van der Waals surface area contributed by atoms with Gasteiger partial charge in [-0.25, -0.2) is 5.43 Å². The lowest BCUT2D eigenvalue weighted by molar-refractivity contribution is 0.0929. The van der Waals surface area contributed by atoms with Gasteiger partial charge >= 0.3 is 5.91 Å². The van der Waals surface area contributed by atoms with Crippen LogP contribution in [0.2, 0.25) is 10.0 Å². The summed E-state index contributed by atoms with van der Waals surface area (Å²) in [5.74, 6) is 0.366. The third-order valence-corrected chi connectivity index (χ3v) is 4.24. The second-order valence-electron chi connectivity index (χ2n) is 5.25. The third kappa shape index (κ3) is 3.48. The molecule has 0 aliphatic heterocycles. The molecule has 0 spiro atoms. The Morgan fingerprint density at radius 3 is 2.80 bits per heavy atom. The maximum absolute atomic E-state index is 12.4. The predicted molar refractivity (Wildman–Crippen MR) is 99.0 cm³/mol. The number of nitrogens with zero attached hydrogens (tertiary/aromatic N) is 1. The lowest BCUT2D eigenvalue weighted by Crippen LogP contribution is -2.17. The van der Waals surface area contributed by atoms with Gasteiger partial charge in [-0.15, -0.1) is 0 Å². The Kier molecular flexibility index (Phi) is 4.97. The molecule has 7 heteroatoms. The Morgan fingerprint density at radius 1 is 1.28 bits per heavy atom. The second-order valence-corrected chi connectivity index (χ2v) is 6.10. The first-order chi connectivity index (χ1) is 12.0. The average Bonchev–Trinajstić information content (AvgIpc) is 2.94. The zero-order chi connectivity index (χ0) is 18.0. The summed E-state index contributed by atoms with van der Waals surface area (Å²) in [5.41, 5.74) is 4.33. The number of methoxy groups -OCH3 is 1. The summed E-state index contributed by atoms with van der Waals surface area (Å²) in [5, 5.41) is 5.65. The maximum atomic E-state index is 12.4. The molecule has 1 N–H and O–H groups in total. The molecule has 0 atom stereocenters. The van der Waals surface area contributed by atoms with E-state index < -0.39 is 5.91 Å². The summed E-state index contributed by atoms with van der Waals surface area (Å²) in [6, 6.07) is 10.4. The fourth-order valence-corrected chi connectivity index (χ4v) is 2.93. The van der Waals surface area contributed by atoms with Gasteiger partial charge in [-0.2, -0.15) is 5.10 Å². The molecule has 0 unspecified atom stereocenters. The molecule has 1 heterocycles. The number of nitrogens with one attached hydrogen (secondary N) is 1. The van der Waals surface area contributed by atoms with Gasteiger partial charge in [0.15, 0.2) is 5.76 Å². The van der Waals surface area contributed by atoms with Gasteiger partial charge in [0.1, 0.15) is 11.3 Å². The van der Waals surface area contributed by atoms with Gasteiger partial charge in [0.05, 0.1) is 23.7 Å². The van der Waals surface area contributed by atoms with Crippen molar-refractivity contribution in [3.63, 3.8) is 0 Å². The Balaban J connectivity index is 1.83. The largest absolute Gasteiger partial charge is 0.496 e. The normalized spacial score (nSPS) is 11.2. The van der Waals surface area contributed by atoms with Crippen molar-refractivity contribution in [1.29, 1.82) is 0 Å². The van der Waals surface area contributed by atoms with E-state index in [0.29, 0.717) is 32.5 Å². The Labute approximate surface area is 154 Å². The second kappa shape index (κ2) is 7.17. The van der Waals surface area contributed by atoms with E-state index in [4.69, 9.17) is 32.4 Å². The first-order valence-corrected chi connectivity index (χ1v) is 8.11. The summed E-state index contributed by atoms with van der Waals surface area (Å²) in [4.78, 5) is 12.4. The molecule has 0 fully saturated rings. The number of hydrogen-bond acceptors (Lipinski definition) is 4. The number of amides is 1. The maximum Gasteiger partial charge on any atom is 0.307 e. The highest BCUT2D eigenvalue weighted by Gasteiger charge is 2.19. The molecule has 0 saturated heterocycles. The van der Waals surface area contributed by atoms with Crippen LogP contribution in [0, 0.1) is 6.92 Å². The van der Waals surface area contributed by atoms with Gasteiger partial charge in [0.25, 0.3) is 0 Å². The summed E-state index contributed by atoms with van der Waals surface area (Å²) in [6.07, 6.45) is 1.44. The van der Waals surface area contributed by atoms with Crippen LogP contribution in [0.1, 0.15) is 21.7 Å². The minimum absolute atomic E-state index is 0.179. The third-order valence-electron chi connectivity index (χ3n) is 3.67. The topological polar surface area (TPSA) is 63.8 Å². The molecule has 3 aromatic rings. The number of fused-ring (bicyclic) bond motifs is 1. The molecule has 128 valence electrons. The van der Waals surface area contributed by atoms with Gasteiger partial charge in [-0.05, 0) is 31.2 Å². The van der Waals surface area contributed by atoms with Crippen LogP contribution < -0.4 is 10.2 Å². The SMILES string of the molecule is COc1cccc2oc(C(=O)N/N=C/c3ccc(Cl)cc3Cl)c(C)c12. The fraction of sp³-hybridized carbons (Fsp3) is 0.111. The number of hydrogen-bond donors (Lipinski definition) is 1. The van der Waals surface area contributed by atoms with Gasteiger partial charge in [0, 0.05) is 16.1 Å². The lowest BCUT2D eigenvalue weighted by atomic mass is 10.1. The van der Waals surface area contributed by atoms with Gasteiger partial charge in [-0.1, -0.05) is 35.3 Å². The molecule has 1 aromatic heterocycles. The molecule has 0 saturated carbocycles. The summed E-state index contributed by atoms with van der Waals surface area (Å²) in [6.45, 7) is 1.79. The number of carbonyl (C=O) groups is 1. The number of hydrazone groups is 1. The zero-order valence-corrected chi connectivity index (χ0v) is 15.0. The molecule has 0 aliphatic rings. The van der Waals surface area contributed by atoms with E-state index >= 15 is 0 Å². The van der Waals surface area contributed by atoms with Gasteiger partial charge in [-0.3, -0.25) is 4.79 Å². The number of rotatable bonds is 4. The molecular formula is C18H14Cl2N2O3. The predicted octanol–water partition coefficient (Wildman–Crippen LogP) is 4.82. The molecule has 0 radical (unpaired) electrons. The Morgan fingerprint density at radius 2 is 2.08 bits per heavy atom. The quantitative estimate of drug-likeness (QED) is 0.524. The van der Waals surface area contributed by atoms with Crippen molar-refractivity contribution in [2.75, 3.05) is 7.11 Å². The Hall–Kier alpha value is -2.50. The standard InChI is InChI=1S/C18H14Cl2N2O3/c1-10-16-14(24-2)4-3-5-15(16)25-17(10)18(23)22-21-9-11-6-7-12(19)8-13(11)20/h3-9H,1-2H3,(H,22,23)/b21-9+. The van der Waals surface area contributed by atoms with Crippen LogP contribution in [0.25, 0.3) is 11.0 Å². The molecule has 1 amide bonds. The van der Waals surface area contributed by atoms with Crippen molar-refractivity contribution in [3.8, 4) is 5.75 Å². The van der Waals surface area contributed by atoms with Crippen LogP contribution in [0.5, 0.6) is 5.75 Å². The molecule has 0 aliphatic carbocycles. The number of benzene rings is 2. The van der Waals surface area contributed by atoms with Crippen LogP contribution in [-0.4, -0.2) is 19.2 Å². The van der Waals surface area contributed by atoms with Crippen LogP contribution >= 0.6 is 23.2 Å². The number of ether oxygens (including phenoxy) is 1. The molecule has 0 bridgehead atoms. The number of aryl methyl sites for hydroxylation is 1. The lowest BCUT2D eigenvalue weighted by Gasteiger charge is -2.01. The zero-order valence-electron chi connectivity index (χ0n) is 13.5. The minimum Gasteiger partial charge on any atom is -0.496 e.